The van der Waals surface area contributed by atoms with E-state index in [4.69, 9.17) is 4.74 Å². The van der Waals surface area contributed by atoms with E-state index in [1.54, 1.807) is 25.4 Å². The van der Waals surface area contributed by atoms with Gasteiger partial charge in [-0.15, -0.1) is 0 Å². The van der Waals surface area contributed by atoms with Gasteiger partial charge in [0.05, 0.1) is 24.5 Å². The van der Waals surface area contributed by atoms with E-state index in [1.807, 2.05) is 36.4 Å². The third-order valence-electron chi connectivity index (χ3n) is 3.32. The van der Waals surface area contributed by atoms with Gasteiger partial charge >= 0.3 is 0 Å². The van der Waals surface area contributed by atoms with Crippen molar-refractivity contribution in [2.45, 2.75) is 6.54 Å². The van der Waals surface area contributed by atoms with Crippen LogP contribution in [0.15, 0.2) is 54.7 Å². The zero-order valence-corrected chi connectivity index (χ0v) is 11.7. The summed E-state index contributed by atoms with van der Waals surface area (Å²) in [5, 5.41) is 13.8. The topological polar surface area (TPSA) is 54.4 Å². The predicted molar refractivity (Wildman–Crippen MR) is 83.7 cm³/mol. The first-order chi connectivity index (χ1) is 10.2. The second-order valence-corrected chi connectivity index (χ2v) is 4.80. The van der Waals surface area contributed by atoms with Crippen molar-refractivity contribution in [3.63, 3.8) is 0 Å². The summed E-state index contributed by atoms with van der Waals surface area (Å²) >= 11 is 0. The molecule has 0 amide bonds. The SMILES string of the molecule is COc1ccc(CNc2cnc3cc(O)ccc3c2)cc1. The third-order valence-corrected chi connectivity index (χ3v) is 3.32. The number of aromatic hydroxyl groups is 1. The second kappa shape index (κ2) is 5.71. The van der Waals surface area contributed by atoms with Crippen molar-refractivity contribution >= 4 is 16.6 Å². The molecule has 3 aromatic rings. The Balaban J connectivity index is 1.73. The Morgan fingerprint density at radius 1 is 1.10 bits per heavy atom. The molecule has 0 radical (unpaired) electrons. The van der Waals surface area contributed by atoms with E-state index in [0.717, 1.165) is 28.9 Å². The van der Waals surface area contributed by atoms with Crippen molar-refractivity contribution in [2.24, 2.45) is 0 Å². The molecule has 0 unspecified atom stereocenters. The minimum absolute atomic E-state index is 0.231. The highest BCUT2D eigenvalue weighted by molar-refractivity contribution is 5.82. The van der Waals surface area contributed by atoms with Gasteiger partial charge in [0.2, 0.25) is 0 Å². The molecule has 2 aromatic carbocycles. The zero-order chi connectivity index (χ0) is 14.7. The molecule has 3 rings (SSSR count). The second-order valence-electron chi connectivity index (χ2n) is 4.80. The minimum Gasteiger partial charge on any atom is -0.508 e. The van der Waals surface area contributed by atoms with Gasteiger partial charge in [0.15, 0.2) is 0 Å². The highest BCUT2D eigenvalue weighted by Gasteiger charge is 2.00. The number of hydrogen-bond donors (Lipinski definition) is 2. The van der Waals surface area contributed by atoms with Crippen LogP contribution in [0.25, 0.3) is 10.9 Å². The Morgan fingerprint density at radius 3 is 2.67 bits per heavy atom. The lowest BCUT2D eigenvalue weighted by molar-refractivity contribution is 0.414. The maximum absolute atomic E-state index is 9.43. The van der Waals surface area contributed by atoms with E-state index in [-0.39, 0.29) is 5.75 Å². The van der Waals surface area contributed by atoms with E-state index >= 15 is 0 Å². The van der Waals surface area contributed by atoms with Crippen molar-refractivity contribution in [1.29, 1.82) is 0 Å². The average Bonchev–Trinajstić information content (AvgIpc) is 2.53. The number of aromatic nitrogens is 1. The highest BCUT2D eigenvalue weighted by atomic mass is 16.5. The molecule has 106 valence electrons. The lowest BCUT2D eigenvalue weighted by Crippen LogP contribution is -1.99. The highest BCUT2D eigenvalue weighted by Crippen LogP contribution is 2.21. The van der Waals surface area contributed by atoms with Crippen molar-refractivity contribution < 1.29 is 9.84 Å². The lowest BCUT2D eigenvalue weighted by Gasteiger charge is -2.08. The van der Waals surface area contributed by atoms with Gasteiger partial charge in [-0.25, -0.2) is 0 Å². The van der Waals surface area contributed by atoms with Crippen LogP contribution in [-0.2, 0) is 6.54 Å². The van der Waals surface area contributed by atoms with Crippen molar-refractivity contribution in [3.8, 4) is 11.5 Å². The van der Waals surface area contributed by atoms with Crippen LogP contribution in [0.3, 0.4) is 0 Å². The predicted octanol–water partition coefficient (Wildman–Crippen LogP) is 3.56. The summed E-state index contributed by atoms with van der Waals surface area (Å²) in [6.07, 6.45) is 1.77. The van der Waals surface area contributed by atoms with Gasteiger partial charge < -0.3 is 15.2 Å². The molecular weight excluding hydrogens is 264 g/mol. The largest absolute Gasteiger partial charge is 0.508 e. The number of pyridine rings is 1. The van der Waals surface area contributed by atoms with E-state index in [1.165, 1.54) is 5.56 Å². The zero-order valence-electron chi connectivity index (χ0n) is 11.7. The summed E-state index contributed by atoms with van der Waals surface area (Å²) in [7, 11) is 1.66. The van der Waals surface area contributed by atoms with Gasteiger partial charge in [0, 0.05) is 18.0 Å². The molecule has 0 bridgehead atoms. The molecule has 0 saturated carbocycles. The molecule has 1 aromatic heterocycles. The Bertz CT molecular complexity index is 754. The van der Waals surface area contributed by atoms with Crippen LogP contribution in [0.2, 0.25) is 0 Å². The van der Waals surface area contributed by atoms with Crippen LogP contribution in [-0.4, -0.2) is 17.2 Å². The van der Waals surface area contributed by atoms with Crippen molar-refractivity contribution in [1.82, 2.24) is 4.98 Å². The smallest absolute Gasteiger partial charge is 0.118 e. The van der Waals surface area contributed by atoms with Crippen LogP contribution in [0.5, 0.6) is 11.5 Å². The van der Waals surface area contributed by atoms with Gasteiger partial charge in [-0.2, -0.15) is 0 Å². The van der Waals surface area contributed by atoms with Gasteiger partial charge in [-0.1, -0.05) is 12.1 Å². The van der Waals surface area contributed by atoms with Crippen LogP contribution < -0.4 is 10.1 Å². The Labute approximate surface area is 123 Å². The number of rotatable bonds is 4. The number of nitrogens with one attached hydrogen (secondary N) is 1. The maximum atomic E-state index is 9.43. The number of ether oxygens (including phenoxy) is 1. The first-order valence-corrected chi connectivity index (χ1v) is 6.70. The molecule has 0 fully saturated rings. The molecule has 1 heterocycles. The van der Waals surface area contributed by atoms with Gasteiger partial charge in [0.25, 0.3) is 0 Å². The standard InChI is InChI=1S/C17H16N2O2/c1-21-16-6-2-12(3-7-16)10-18-14-8-13-4-5-15(20)9-17(13)19-11-14/h2-9,11,18,20H,10H2,1H3. The third kappa shape index (κ3) is 3.05. The molecule has 0 aliphatic heterocycles. The number of hydrogen-bond acceptors (Lipinski definition) is 4. The summed E-state index contributed by atoms with van der Waals surface area (Å²) < 4.78 is 5.14. The minimum atomic E-state index is 0.231. The Morgan fingerprint density at radius 2 is 1.90 bits per heavy atom. The number of anilines is 1. The molecule has 21 heavy (non-hydrogen) atoms. The number of phenolic OH excluding ortho intramolecular Hbond substituents is 1. The van der Waals surface area contributed by atoms with Gasteiger partial charge in [-0.3, -0.25) is 4.98 Å². The maximum Gasteiger partial charge on any atom is 0.118 e. The monoisotopic (exact) mass is 280 g/mol. The molecule has 2 N–H and O–H groups in total. The number of phenols is 1. The van der Waals surface area contributed by atoms with Crippen molar-refractivity contribution in [3.05, 3.63) is 60.3 Å². The fraction of sp³-hybridized carbons (Fsp3) is 0.118. The van der Waals surface area contributed by atoms with Crippen LogP contribution in [0, 0.1) is 0 Å². The summed E-state index contributed by atoms with van der Waals surface area (Å²) in [6.45, 7) is 0.718. The van der Waals surface area contributed by atoms with Crippen LogP contribution in [0.4, 0.5) is 5.69 Å². The van der Waals surface area contributed by atoms with E-state index < -0.39 is 0 Å². The van der Waals surface area contributed by atoms with E-state index in [2.05, 4.69) is 10.3 Å². The lowest BCUT2D eigenvalue weighted by atomic mass is 10.2. The Kier molecular flexibility index (Phi) is 3.60. The average molecular weight is 280 g/mol. The Hall–Kier alpha value is -2.75. The molecule has 4 heteroatoms. The van der Waals surface area contributed by atoms with Crippen LogP contribution >= 0.6 is 0 Å². The van der Waals surface area contributed by atoms with Crippen LogP contribution in [0.1, 0.15) is 5.56 Å². The number of benzene rings is 2. The quantitative estimate of drug-likeness (QED) is 0.767. The summed E-state index contributed by atoms with van der Waals surface area (Å²) in [4.78, 5) is 4.34. The van der Waals surface area contributed by atoms with Gasteiger partial charge in [-0.05, 0) is 35.9 Å². The molecule has 0 aliphatic rings. The fourth-order valence-corrected chi connectivity index (χ4v) is 2.15. The molecule has 0 atom stereocenters. The first-order valence-electron chi connectivity index (χ1n) is 6.70. The number of fused-ring (bicyclic) bond motifs is 1. The molecular formula is C17H16N2O2. The number of nitrogens with zero attached hydrogens (tertiary/aromatic N) is 1. The normalized spacial score (nSPS) is 10.5. The van der Waals surface area contributed by atoms with E-state index in [0.29, 0.717) is 0 Å². The van der Waals surface area contributed by atoms with Gasteiger partial charge in [0.1, 0.15) is 11.5 Å². The summed E-state index contributed by atoms with van der Waals surface area (Å²) in [5.41, 5.74) is 2.90. The number of methoxy groups -OCH3 is 1. The fourth-order valence-electron chi connectivity index (χ4n) is 2.15. The summed E-state index contributed by atoms with van der Waals surface area (Å²) in [5.74, 6) is 1.08. The molecule has 0 spiro atoms. The first kappa shape index (κ1) is 13.2. The van der Waals surface area contributed by atoms with Crippen molar-refractivity contribution in [2.75, 3.05) is 12.4 Å². The molecule has 0 aliphatic carbocycles. The summed E-state index contributed by atoms with van der Waals surface area (Å²) in [6, 6.07) is 15.1. The molecule has 0 saturated heterocycles. The van der Waals surface area contributed by atoms with E-state index in [9.17, 15) is 5.11 Å². The molecule has 4 nitrogen and oxygen atoms in total.